The quantitative estimate of drug-likeness (QED) is 0.497. The van der Waals surface area contributed by atoms with E-state index in [1.54, 1.807) is 37.1 Å². The highest BCUT2D eigenvalue weighted by Crippen LogP contribution is 2.28. The summed E-state index contributed by atoms with van der Waals surface area (Å²) in [6.45, 7) is 6.04. The largest absolute Gasteiger partial charge is 0.357 e. The van der Waals surface area contributed by atoms with Crippen LogP contribution in [0.25, 0.3) is 0 Å². The maximum Gasteiger partial charge on any atom is 0.242 e. The summed E-state index contributed by atoms with van der Waals surface area (Å²) in [5.41, 5.74) is 3.19. The van der Waals surface area contributed by atoms with Crippen molar-refractivity contribution in [2.45, 2.75) is 52.6 Å². The van der Waals surface area contributed by atoms with Crippen LogP contribution in [0.4, 0.5) is 5.69 Å². The highest BCUT2D eigenvalue weighted by Gasteiger charge is 2.28. The summed E-state index contributed by atoms with van der Waals surface area (Å²) in [6.07, 6.45) is 2.00. The molecule has 0 radical (unpaired) electrons. The Labute approximate surface area is 208 Å². The molecule has 186 valence electrons. The fraction of sp³-hybridized carbons (Fsp3) is 0.440. The van der Waals surface area contributed by atoms with Gasteiger partial charge in [0.25, 0.3) is 0 Å². The van der Waals surface area contributed by atoms with Crippen molar-refractivity contribution in [1.82, 2.24) is 10.2 Å². The van der Waals surface area contributed by atoms with E-state index < -0.39 is 16.1 Å². The molecule has 34 heavy (non-hydrogen) atoms. The molecule has 9 heteroatoms. The van der Waals surface area contributed by atoms with Crippen LogP contribution in [-0.2, 0) is 26.2 Å². The van der Waals surface area contributed by atoms with Crippen molar-refractivity contribution in [3.63, 3.8) is 0 Å². The van der Waals surface area contributed by atoms with Gasteiger partial charge in [-0.1, -0.05) is 54.4 Å². The molecule has 2 rings (SSSR count). The van der Waals surface area contributed by atoms with Gasteiger partial charge in [0.2, 0.25) is 21.8 Å². The van der Waals surface area contributed by atoms with Gasteiger partial charge in [0, 0.05) is 31.6 Å². The lowest BCUT2D eigenvalue weighted by Gasteiger charge is -2.31. The Morgan fingerprint density at radius 3 is 2.29 bits per heavy atom. The monoisotopic (exact) mass is 507 g/mol. The standard InChI is InChI=1S/C25H34ClN3O4S/c1-6-22(25(31)27-4)28(17-20-14-12-18(2)13-15-20)24(30)11-8-16-29(34(5,32)33)23-10-7-9-21(26)19(23)3/h7,9-10,12-15,22H,6,8,11,16-17H2,1-5H3,(H,27,31)/t22-/m0/s1. The van der Waals surface area contributed by atoms with Gasteiger partial charge < -0.3 is 10.2 Å². The molecular formula is C25H34ClN3O4S. The number of nitrogens with zero attached hydrogens (tertiary/aromatic N) is 2. The molecule has 0 aliphatic rings. The molecule has 0 fully saturated rings. The van der Waals surface area contributed by atoms with Gasteiger partial charge in [-0.15, -0.1) is 0 Å². The van der Waals surface area contributed by atoms with Crippen molar-refractivity contribution < 1.29 is 18.0 Å². The molecule has 0 heterocycles. The number of nitrogens with one attached hydrogen (secondary N) is 1. The van der Waals surface area contributed by atoms with E-state index in [1.165, 1.54) is 4.31 Å². The molecule has 0 saturated heterocycles. The molecule has 7 nitrogen and oxygen atoms in total. The van der Waals surface area contributed by atoms with E-state index in [-0.39, 0.29) is 24.8 Å². The van der Waals surface area contributed by atoms with Gasteiger partial charge >= 0.3 is 0 Å². The molecule has 0 unspecified atom stereocenters. The van der Waals surface area contributed by atoms with E-state index in [1.807, 2.05) is 38.1 Å². The second kappa shape index (κ2) is 12.2. The Hall–Kier alpha value is -2.58. The van der Waals surface area contributed by atoms with Crippen LogP contribution < -0.4 is 9.62 Å². The summed E-state index contributed by atoms with van der Waals surface area (Å²) in [7, 11) is -2.03. The first-order valence-corrected chi connectivity index (χ1v) is 13.5. The van der Waals surface area contributed by atoms with Gasteiger partial charge in [0.15, 0.2) is 0 Å². The number of hydrogen-bond donors (Lipinski definition) is 1. The maximum atomic E-state index is 13.3. The van der Waals surface area contributed by atoms with Gasteiger partial charge in [-0.2, -0.15) is 0 Å². The molecule has 2 aromatic rings. The smallest absolute Gasteiger partial charge is 0.242 e. The third-order valence-electron chi connectivity index (χ3n) is 5.77. The van der Waals surface area contributed by atoms with Crippen molar-refractivity contribution in [3.8, 4) is 0 Å². The average Bonchev–Trinajstić information content (AvgIpc) is 2.79. The number of hydrogen-bond acceptors (Lipinski definition) is 4. The lowest BCUT2D eigenvalue weighted by Crippen LogP contribution is -2.48. The Morgan fingerprint density at radius 1 is 1.09 bits per heavy atom. The number of carbonyl (C=O) groups is 2. The molecule has 0 aliphatic heterocycles. The predicted octanol–water partition coefficient (Wildman–Crippen LogP) is 4.06. The van der Waals surface area contributed by atoms with Crippen LogP contribution in [0, 0.1) is 13.8 Å². The molecular weight excluding hydrogens is 474 g/mol. The Balaban J connectivity index is 2.21. The van der Waals surface area contributed by atoms with E-state index in [0.717, 1.165) is 17.4 Å². The van der Waals surface area contributed by atoms with Crippen LogP contribution in [0.15, 0.2) is 42.5 Å². The zero-order valence-corrected chi connectivity index (χ0v) is 22.0. The second-order valence-corrected chi connectivity index (χ2v) is 10.7. The number of anilines is 1. The molecule has 1 atom stereocenters. The summed E-state index contributed by atoms with van der Waals surface area (Å²) in [5, 5.41) is 3.12. The normalized spacial score (nSPS) is 12.2. The third-order valence-corrected chi connectivity index (χ3v) is 7.36. The van der Waals surface area contributed by atoms with Crippen molar-refractivity contribution in [1.29, 1.82) is 0 Å². The summed E-state index contributed by atoms with van der Waals surface area (Å²) >= 11 is 6.19. The fourth-order valence-corrected chi connectivity index (χ4v) is 5.01. The topological polar surface area (TPSA) is 86.8 Å². The number of rotatable bonds is 11. The van der Waals surface area contributed by atoms with Gasteiger partial charge in [0.05, 0.1) is 11.9 Å². The summed E-state index contributed by atoms with van der Waals surface area (Å²) in [6, 6.07) is 12.3. The molecule has 0 saturated carbocycles. The predicted molar refractivity (Wildman–Crippen MR) is 137 cm³/mol. The van der Waals surface area contributed by atoms with Crippen molar-refractivity contribution in [2.24, 2.45) is 0 Å². The Kier molecular flexibility index (Phi) is 9.94. The number of sulfonamides is 1. The SMILES string of the molecule is CC[C@@H](C(=O)NC)N(Cc1ccc(C)cc1)C(=O)CCCN(c1cccc(Cl)c1C)S(C)(=O)=O. The van der Waals surface area contributed by atoms with Crippen molar-refractivity contribution >= 4 is 39.1 Å². The van der Waals surface area contributed by atoms with E-state index in [9.17, 15) is 18.0 Å². The number of aryl methyl sites for hydroxylation is 1. The van der Waals surface area contributed by atoms with E-state index in [4.69, 9.17) is 11.6 Å². The molecule has 0 aliphatic carbocycles. The minimum atomic E-state index is -3.58. The zero-order chi connectivity index (χ0) is 25.5. The fourth-order valence-electron chi connectivity index (χ4n) is 3.82. The average molecular weight is 508 g/mol. The first-order chi connectivity index (χ1) is 16.0. The van der Waals surface area contributed by atoms with Gasteiger partial charge in [-0.25, -0.2) is 8.42 Å². The number of carbonyl (C=O) groups excluding carboxylic acids is 2. The van der Waals surface area contributed by atoms with E-state index in [0.29, 0.717) is 35.7 Å². The van der Waals surface area contributed by atoms with E-state index >= 15 is 0 Å². The molecule has 2 amide bonds. The second-order valence-electron chi connectivity index (χ2n) is 8.37. The van der Waals surface area contributed by atoms with Crippen LogP contribution in [0.1, 0.15) is 42.9 Å². The molecule has 0 bridgehead atoms. The maximum absolute atomic E-state index is 13.3. The van der Waals surface area contributed by atoms with Crippen LogP contribution in [0.5, 0.6) is 0 Å². The summed E-state index contributed by atoms with van der Waals surface area (Å²) < 4.78 is 26.3. The lowest BCUT2D eigenvalue weighted by molar-refractivity contribution is -0.141. The summed E-state index contributed by atoms with van der Waals surface area (Å²) in [4.78, 5) is 27.4. The highest BCUT2D eigenvalue weighted by atomic mass is 35.5. The zero-order valence-electron chi connectivity index (χ0n) is 20.5. The molecule has 2 aromatic carbocycles. The van der Waals surface area contributed by atoms with Gasteiger partial charge in [0.1, 0.15) is 6.04 Å². The third kappa shape index (κ3) is 7.21. The van der Waals surface area contributed by atoms with Crippen LogP contribution in [0.2, 0.25) is 5.02 Å². The van der Waals surface area contributed by atoms with E-state index in [2.05, 4.69) is 5.32 Å². The number of likely N-dealkylation sites (N-methyl/N-ethyl adjacent to an activating group) is 1. The Morgan fingerprint density at radius 2 is 1.74 bits per heavy atom. The van der Waals surface area contributed by atoms with Crippen LogP contribution >= 0.6 is 11.6 Å². The van der Waals surface area contributed by atoms with Gasteiger partial charge in [-0.3, -0.25) is 13.9 Å². The molecule has 1 N–H and O–H groups in total. The van der Waals surface area contributed by atoms with Crippen LogP contribution in [-0.4, -0.2) is 51.0 Å². The first kappa shape index (κ1) is 27.7. The molecule has 0 spiro atoms. The number of halogens is 1. The van der Waals surface area contributed by atoms with Gasteiger partial charge in [-0.05, 0) is 49.9 Å². The first-order valence-electron chi connectivity index (χ1n) is 11.3. The summed E-state index contributed by atoms with van der Waals surface area (Å²) in [5.74, 6) is -0.428. The minimum Gasteiger partial charge on any atom is -0.357 e. The van der Waals surface area contributed by atoms with Crippen LogP contribution in [0.3, 0.4) is 0 Å². The Bertz CT molecular complexity index is 1100. The minimum absolute atomic E-state index is 0.102. The molecule has 0 aromatic heterocycles. The number of benzene rings is 2. The van der Waals surface area contributed by atoms with Crippen molar-refractivity contribution in [3.05, 3.63) is 64.2 Å². The van der Waals surface area contributed by atoms with Crippen molar-refractivity contribution in [2.75, 3.05) is 24.2 Å². The highest BCUT2D eigenvalue weighted by molar-refractivity contribution is 7.92. The number of amides is 2. The lowest BCUT2D eigenvalue weighted by atomic mass is 10.1.